The zero-order chi connectivity index (χ0) is 19.2. The number of nitrogens with one attached hydrogen (secondary N) is 1. The van der Waals surface area contributed by atoms with Crippen molar-refractivity contribution >= 4 is 17.8 Å². The molecule has 0 aromatic carbocycles. The van der Waals surface area contributed by atoms with Crippen molar-refractivity contribution in [3.05, 3.63) is 0 Å². The fourth-order valence-electron chi connectivity index (χ4n) is 4.54. The number of alkyl halides is 3. The SMILES string of the molecule is CC1(C)[C@@H]2[C@@H](C(=O)O)N(C(=O)C3(NC(=O)C(F)(F)F)CC3(C)C)C[C@@H]21. The second-order valence-corrected chi connectivity index (χ2v) is 8.61. The number of rotatable bonds is 3. The molecule has 0 aromatic rings. The Hall–Kier alpha value is -1.80. The van der Waals surface area contributed by atoms with E-state index in [1.54, 1.807) is 13.8 Å². The van der Waals surface area contributed by atoms with Crippen molar-refractivity contribution in [3.63, 3.8) is 0 Å². The Bertz CT molecular complexity index is 673. The fraction of sp³-hybridized carbons (Fsp3) is 0.812. The Morgan fingerprint density at radius 1 is 1.16 bits per heavy atom. The van der Waals surface area contributed by atoms with E-state index in [9.17, 15) is 32.7 Å². The third-order valence-electron chi connectivity index (χ3n) is 6.41. The Morgan fingerprint density at radius 3 is 2.08 bits per heavy atom. The second kappa shape index (κ2) is 4.67. The Morgan fingerprint density at radius 2 is 1.68 bits per heavy atom. The number of piperidine rings is 1. The van der Waals surface area contributed by atoms with Crippen molar-refractivity contribution in [2.24, 2.45) is 22.7 Å². The first-order valence-corrected chi connectivity index (χ1v) is 8.10. The molecule has 0 aromatic heterocycles. The number of aliphatic carboxylic acids is 1. The first kappa shape index (κ1) is 18.0. The summed E-state index contributed by atoms with van der Waals surface area (Å²) in [4.78, 5) is 37.2. The van der Waals surface area contributed by atoms with Gasteiger partial charge in [-0.25, -0.2) is 4.79 Å². The molecule has 1 saturated heterocycles. The molecule has 25 heavy (non-hydrogen) atoms. The summed E-state index contributed by atoms with van der Waals surface area (Å²) in [5.74, 6) is -4.28. The number of carboxylic acids is 1. The third-order valence-corrected chi connectivity index (χ3v) is 6.41. The van der Waals surface area contributed by atoms with Crippen molar-refractivity contribution < 1.29 is 32.7 Å². The lowest BCUT2D eigenvalue weighted by molar-refractivity contribution is -0.176. The van der Waals surface area contributed by atoms with E-state index in [-0.39, 0.29) is 30.2 Å². The van der Waals surface area contributed by atoms with Crippen LogP contribution < -0.4 is 5.32 Å². The van der Waals surface area contributed by atoms with Crippen LogP contribution in [0.5, 0.6) is 0 Å². The van der Waals surface area contributed by atoms with Gasteiger partial charge < -0.3 is 15.3 Å². The van der Waals surface area contributed by atoms with Crippen LogP contribution in [-0.2, 0) is 14.4 Å². The predicted molar refractivity (Wildman–Crippen MR) is 79.2 cm³/mol. The van der Waals surface area contributed by atoms with Crippen LogP contribution in [0.3, 0.4) is 0 Å². The molecule has 2 N–H and O–H groups in total. The first-order chi connectivity index (χ1) is 11.2. The van der Waals surface area contributed by atoms with Gasteiger partial charge in [-0.3, -0.25) is 9.59 Å². The molecule has 0 spiro atoms. The van der Waals surface area contributed by atoms with Crippen LogP contribution in [0.1, 0.15) is 34.1 Å². The summed E-state index contributed by atoms with van der Waals surface area (Å²) in [6.45, 7) is 7.19. The van der Waals surface area contributed by atoms with Crippen molar-refractivity contribution in [1.82, 2.24) is 10.2 Å². The molecule has 0 radical (unpaired) electrons. The summed E-state index contributed by atoms with van der Waals surface area (Å²) in [6.07, 6.45) is -5.06. The van der Waals surface area contributed by atoms with E-state index in [0.29, 0.717) is 0 Å². The van der Waals surface area contributed by atoms with E-state index in [0.717, 1.165) is 4.90 Å². The molecule has 1 aliphatic heterocycles. The van der Waals surface area contributed by atoms with Crippen LogP contribution >= 0.6 is 0 Å². The summed E-state index contributed by atoms with van der Waals surface area (Å²) in [6, 6.07) is -1.07. The molecule has 4 atom stereocenters. The number of amides is 2. The second-order valence-electron chi connectivity index (χ2n) is 8.61. The van der Waals surface area contributed by atoms with Gasteiger partial charge in [0, 0.05) is 12.5 Å². The van der Waals surface area contributed by atoms with Gasteiger partial charge in [-0.1, -0.05) is 27.7 Å². The molecular formula is C16H21F3N2O4. The van der Waals surface area contributed by atoms with Crippen LogP contribution in [0.15, 0.2) is 0 Å². The van der Waals surface area contributed by atoms with E-state index < -0.39 is 41.0 Å². The molecule has 3 aliphatic rings. The van der Waals surface area contributed by atoms with E-state index >= 15 is 0 Å². The van der Waals surface area contributed by atoms with E-state index in [1.807, 2.05) is 19.2 Å². The molecule has 2 amide bonds. The number of carboxylic acid groups (broad SMARTS) is 1. The van der Waals surface area contributed by atoms with Crippen molar-refractivity contribution in [2.45, 2.75) is 51.9 Å². The first-order valence-electron chi connectivity index (χ1n) is 8.10. The van der Waals surface area contributed by atoms with Crippen LogP contribution in [0.2, 0.25) is 0 Å². The zero-order valence-electron chi connectivity index (χ0n) is 14.4. The van der Waals surface area contributed by atoms with Crippen LogP contribution in [-0.4, -0.2) is 52.1 Å². The largest absolute Gasteiger partial charge is 0.480 e. The average Bonchev–Trinajstić information content (AvgIpc) is 3.08. The normalized spacial score (nSPS) is 37.2. The zero-order valence-corrected chi connectivity index (χ0v) is 14.4. The summed E-state index contributed by atoms with van der Waals surface area (Å²) in [5, 5.41) is 11.4. The van der Waals surface area contributed by atoms with Gasteiger partial charge in [0.05, 0.1) is 0 Å². The molecular weight excluding hydrogens is 341 g/mol. The summed E-state index contributed by atoms with van der Waals surface area (Å²) < 4.78 is 37.9. The lowest BCUT2D eigenvalue weighted by Crippen LogP contribution is -2.59. The van der Waals surface area contributed by atoms with Crippen molar-refractivity contribution in [1.29, 1.82) is 0 Å². The number of hydrogen-bond donors (Lipinski definition) is 2. The minimum Gasteiger partial charge on any atom is -0.480 e. The van der Waals surface area contributed by atoms with Gasteiger partial charge in [0.1, 0.15) is 11.6 Å². The molecule has 3 rings (SSSR count). The van der Waals surface area contributed by atoms with Gasteiger partial charge in [0.25, 0.3) is 0 Å². The van der Waals surface area contributed by atoms with Gasteiger partial charge in [-0.15, -0.1) is 0 Å². The monoisotopic (exact) mass is 362 g/mol. The van der Waals surface area contributed by atoms with Gasteiger partial charge >= 0.3 is 18.1 Å². The molecule has 0 bridgehead atoms. The minimum atomic E-state index is -5.10. The standard InChI is InChI=1S/C16H21F3N2O4/c1-13(2)6-15(13,20-11(24)16(17,18)19)12(25)21-5-7-8(14(7,3)4)9(21)10(22)23/h7-9H,5-6H2,1-4H3,(H,20,24)(H,22,23)/t7-,8-,9-,15?/m0/s1. The molecule has 1 unspecified atom stereocenters. The molecule has 140 valence electrons. The van der Waals surface area contributed by atoms with Crippen molar-refractivity contribution in [3.8, 4) is 0 Å². The molecule has 9 heteroatoms. The topological polar surface area (TPSA) is 86.7 Å². The number of likely N-dealkylation sites (tertiary alicyclic amines) is 1. The maximum Gasteiger partial charge on any atom is 0.471 e. The number of carbonyl (C=O) groups is 3. The Balaban J connectivity index is 1.86. The molecule has 3 fully saturated rings. The minimum absolute atomic E-state index is 0.00906. The molecule has 1 heterocycles. The summed E-state index contributed by atoms with van der Waals surface area (Å²) in [5.41, 5.74) is -2.77. The number of carbonyl (C=O) groups excluding carboxylic acids is 2. The smallest absolute Gasteiger partial charge is 0.471 e. The highest BCUT2D eigenvalue weighted by Gasteiger charge is 2.75. The van der Waals surface area contributed by atoms with E-state index in [4.69, 9.17) is 0 Å². The van der Waals surface area contributed by atoms with Crippen LogP contribution in [0.4, 0.5) is 13.2 Å². The highest BCUT2D eigenvalue weighted by Crippen LogP contribution is 2.66. The van der Waals surface area contributed by atoms with E-state index in [2.05, 4.69) is 0 Å². The van der Waals surface area contributed by atoms with Gasteiger partial charge in [0.2, 0.25) is 5.91 Å². The highest BCUT2D eigenvalue weighted by atomic mass is 19.4. The summed E-state index contributed by atoms with van der Waals surface area (Å²) >= 11 is 0. The summed E-state index contributed by atoms with van der Waals surface area (Å²) in [7, 11) is 0. The quantitative estimate of drug-likeness (QED) is 0.795. The van der Waals surface area contributed by atoms with Crippen LogP contribution in [0, 0.1) is 22.7 Å². The lowest BCUT2D eigenvalue weighted by Gasteiger charge is -2.33. The van der Waals surface area contributed by atoms with Crippen molar-refractivity contribution in [2.75, 3.05) is 6.54 Å². The number of fused-ring (bicyclic) bond motifs is 1. The fourth-order valence-corrected chi connectivity index (χ4v) is 4.54. The number of halogens is 3. The maximum atomic E-state index is 13.0. The Labute approximate surface area is 142 Å². The average molecular weight is 362 g/mol. The van der Waals surface area contributed by atoms with Gasteiger partial charge in [-0.05, 0) is 23.2 Å². The van der Waals surface area contributed by atoms with Gasteiger partial charge in [0.15, 0.2) is 0 Å². The van der Waals surface area contributed by atoms with Gasteiger partial charge in [-0.2, -0.15) is 13.2 Å². The molecule has 6 nitrogen and oxygen atoms in total. The van der Waals surface area contributed by atoms with Crippen LogP contribution in [0.25, 0.3) is 0 Å². The Kier molecular flexibility index (Phi) is 3.37. The number of nitrogens with zero attached hydrogens (tertiary/aromatic N) is 1. The third kappa shape index (κ3) is 2.34. The highest BCUT2D eigenvalue weighted by molar-refractivity contribution is 5.99. The molecule has 2 aliphatic carbocycles. The van der Waals surface area contributed by atoms with E-state index in [1.165, 1.54) is 0 Å². The molecule has 2 saturated carbocycles. The number of hydrogen-bond acceptors (Lipinski definition) is 3. The predicted octanol–water partition coefficient (Wildman–Crippen LogP) is 1.40. The lowest BCUT2D eigenvalue weighted by atomic mass is 9.98. The maximum absolute atomic E-state index is 13.0.